The van der Waals surface area contributed by atoms with Crippen molar-refractivity contribution in [1.29, 1.82) is 0 Å². The molecule has 1 aliphatic heterocycles. The van der Waals surface area contributed by atoms with E-state index in [0.29, 0.717) is 37.9 Å². The molecule has 206 valence electrons. The summed E-state index contributed by atoms with van der Waals surface area (Å²) in [6.45, 7) is 5.75. The zero-order valence-electron chi connectivity index (χ0n) is 22.7. The van der Waals surface area contributed by atoms with E-state index in [-0.39, 0.29) is 30.9 Å². The van der Waals surface area contributed by atoms with Crippen LogP contribution < -0.4 is 15.0 Å². The zero-order chi connectivity index (χ0) is 27.9. The van der Waals surface area contributed by atoms with Gasteiger partial charge in [-0.2, -0.15) is 4.98 Å². The van der Waals surface area contributed by atoms with E-state index >= 15 is 0 Å². The Hall–Kier alpha value is -4.73. The smallest absolute Gasteiger partial charge is 0.260 e. The molecule has 1 N–H and O–H groups in total. The van der Waals surface area contributed by atoms with E-state index in [1.54, 1.807) is 28.2 Å². The molecule has 4 aromatic rings. The monoisotopic (exact) mass is 539 g/mol. The van der Waals surface area contributed by atoms with E-state index in [0.717, 1.165) is 17.1 Å². The molecular weight excluding hydrogens is 506 g/mol. The molecular formula is C30H33N7O3. The Morgan fingerprint density at radius 3 is 2.58 bits per heavy atom. The van der Waals surface area contributed by atoms with Crippen LogP contribution >= 0.6 is 0 Å². The molecule has 1 atom stereocenters. The molecule has 0 spiro atoms. The van der Waals surface area contributed by atoms with E-state index in [4.69, 9.17) is 9.72 Å². The SMILES string of the molecule is Cc1ccc(CNC(=O)CC2CN(c3cc(C)nc(-n4ccnc4)n3)CCN2C(=O)COc2ccccc2)cc1. The number of nitrogens with one attached hydrogen (secondary N) is 1. The summed E-state index contributed by atoms with van der Waals surface area (Å²) in [5.74, 6) is 1.62. The second-order valence-electron chi connectivity index (χ2n) is 9.89. The largest absolute Gasteiger partial charge is 0.484 e. The van der Waals surface area contributed by atoms with Crippen LogP contribution in [0, 0.1) is 13.8 Å². The van der Waals surface area contributed by atoms with Crippen LogP contribution in [0.25, 0.3) is 5.95 Å². The number of rotatable bonds is 9. The fraction of sp³-hybridized carbons (Fsp3) is 0.300. The summed E-state index contributed by atoms with van der Waals surface area (Å²) in [6, 6.07) is 18.9. The lowest BCUT2D eigenvalue weighted by Gasteiger charge is -2.41. The highest BCUT2D eigenvalue weighted by Gasteiger charge is 2.33. The Kier molecular flexibility index (Phi) is 8.34. The van der Waals surface area contributed by atoms with Gasteiger partial charge in [-0.05, 0) is 31.5 Å². The molecule has 2 aromatic carbocycles. The quantitative estimate of drug-likeness (QED) is 0.349. The number of hydrogen-bond donors (Lipinski definition) is 1. The Balaban J connectivity index is 1.30. The third-order valence-electron chi connectivity index (χ3n) is 6.83. The highest BCUT2D eigenvalue weighted by Crippen LogP contribution is 2.22. The van der Waals surface area contributed by atoms with Crippen molar-refractivity contribution in [2.75, 3.05) is 31.1 Å². The predicted molar refractivity (Wildman–Crippen MR) is 151 cm³/mol. The van der Waals surface area contributed by atoms with Gasteiger partial charge in [0, 0.05) is 56.8 Å². The Morgan fingerprint density at radius 1 is 1.02 bits per heavy atom. The number of imidazole rings is 1. The average Bonchev–Trinajstić information content (AvgIpc) is 3.51. The normalized spacial score (nSPS) is 15.1. The number of aromatic nitrogens is 4. The molecule has 1 saturated heterocycles. The molecule has 0 bridgehead atoms. The van der Waals surface area contributed by atoms with Gasteiger partial charge in [0.05, 0.1) is 6.04 Å². The molecule has 40 heavy (non-hydrogen) atoms. The molecule has 0 radical (unpaired) electrons. The molecule has 2 aromatic heterocycles. The van der Waals surface area contributed by atoms with Gasteiger partial charge in [-0.1, -0.05) is 48.0 Å². The summed E-state index contributed by atoms with van der Waals surface area (Å²) < 4.78 is 7.50. The molecule has 0 saturated carbocycles. The molecule has 1 unspecified atom stereocenters. The molecule has 10 nitrogen and oxygen atoms in total. The van der Waals surface area contributed by atoms with E-state index in [1.807, 2.05) is 74.5 Å². The fourth-order valence-electron chi connectivity index (χ4n) is 4.70. The molecule has 2 amide bonds. The maximum absolute atomic E-state index is 13.3. The van der Waals surface area contributed by atoms with Crippen molar-refractivity contribution in [1.82, 2.24) is 29.7 Å². The molecule has 5 rings (SSSR count). The minimum Gasteiger partial charge on any atom is -0.484 e. The number of carbonyl (C=O) groups excluding carboxylic acids is 2. The number of nitrogens with zero attached hydrogens (tertiary/aromatic N) is 6. The molecule has 0 aliphatic carbocycles. The number of para-hydroxylation sites is 1. The molecule has 1 fully saturated rings. The summed E-state index contributed by atoms with van der Waals surface area (Å²) in [5, 5.41) is 3.01. The topological polar surface area (TPSA) is 105 Å². The lowest BCUT2D eigenvalue weighted by molar-refractivity contribution is -0.137. The van der Waals surface area contributed by atoms with Crippen molar-refractivity contribution < 1.29 is 14.3 Å². The first-order valence-electron chi connectivity index (χ1n) is 13.3. The maximum atomic E-state index is 13.3. The third kappa shape index (κ3) is 6.82. The second-order valence-corrected chi connectivity index (χ2v) is 9.89. The number of amides is 2. The van der Waals surface area contributed by atoms with E-state index in [1.165, 1.54) is 5.56 Å². The summed E-state index contributed by atoms with van der Waals surface area (Å²) >= 11 is 0. The minimum absolute atomic E-state index is 0.0944. The molecule has 10 heteroatoms. The number of benzene rings is 2. The van der Waals surface area contributed by atoms with Crippen LogP contribution in [-0.4, -0.2) is 68.5 Å². The van der Waals surface area contributed by atoms with Crippen LogP contribution in [0.1, 0.15) is 23.2 Å². The van der Waals surface area contributed by atoms with Crippen LogP contribution in [0.5, 0.6) is 5.75 Å². The third-order valence-corrected chi connectivity index (χ3v) is 6.83. The van der Waals surface area contributed by atoms with Crippen LogP contribution in [0.4, 0.5) is 5.82 Å². The number of aryl methyl sites for hydroxylation is 2. The molecule has 1 aliphatic rings. The van der Waals surface area contributed by atoms with E-state index in [2.05, 4.69) is 20.2 Å². The van der Waals surface area contributed by atoms with Crippen LogP contribution in [0.2, 0.25) is 0 Å². The lowest BCUT2D eigenvalue weighted by Crippen LogP contribution is -2.57. The highest BCUT2D eigenvalue weighted by atomic mass is 16.5. The lowest BCUT2D eigenvalue weighted by atomic mass is 10.1. The first-order valence-corrected chi connectivity index (χ1v) is 13.3. The summed E-state index contributed by atoms with van der Waals surface area (Å²) in [6.07, 6.45) is 5.29. The zero-order valence-corrected chi connectivity index (χ0v) is 22.7. The van der Waals surface area contributed by atoms with Crippen LogP contribution in [0.3, 0.4) is 0 Å². The van der Waals surface area contributed by atoms with Gasteiger partial charge in [-0.25, -0.2) is 9.97 Å². The minimum atomic E-state index is -0.356. The van der Waals surface area contributed by atoms with Gasteiger partial charge >= 0.3 is 0 Å². The van der Waals surface area contributed by atoms with Gasteiger partial charge in [0.15, 0.2) is 6.61 Å². The Morgan fingerprint density at radius 2 is 1.82 bits per heavy atom. The first-order chi connectivity index (χ1) is 19.4. The number of hydrogen-bond acceptors (Lipinski definition) is 7. The van der Waals surface area contributed by atoms with Gasteiger partial charge in [0.2, 0.25) is 11.9 Å². The fourth-order valence-corrected chi connectivity index (χ4v) is 4.70. The number of anilines is 1. The van der Waals surface area contributed by atoms with Crippen molar-refractivity contribution in [3.05, 3.63) is 96.2 Å². The number of carbonyl (C=O) groups is 2. The summed E-state index contributed by atoms with van der Waals surface area (Å²) in [5.41, 5.74) is 3.01. The van der Waals surface area contributed by atoms with Crippen molar-refractivity contribution in [3.8, 4) is 11.7 Å². The average molecular weight is 540 g/mol. The standard InChI is InChI=1S/C30H33N7O3/c1-22-8-10-24(11-9-22)18-32-28(38)17-25-19-35(27-16-23(2)33-30(34-27)36-13-12-31-21-36)14-15-37(25)29(39)20-40-26-6-4-3-5-7-26/h3-13,16,21,25H,14-15,17-20H2,1-2H3,(H,32,38). The van der Waals surface area contributed by atoms with Gasteiger partial charge in [0.1, 0.15) is 17.9 Å². The van der Waals surface area contributed by atoms with Crippen molar-refractivity contribution >= 4 is 17.6 Å². The van der Waals surface area contributed by atoms with Crippen molar-refractivity contribution in [2.45, 2.75) is 32.9 Å². The van der Waals surface area contributed by atoms with E-state index in [9.17, 15) is 9.59 Å². The number of piperazine rings is 1. The summed E-state index contributed by atoms with van der Waals surface area (Å²) in [4.78, 5) is 43.6. The first kappa shape index (κ1) is 26.9. The Labute approximate surface area is 233 Å². The van der Waals surface area contributed by atoms with E-state index < -0.39 is 0 Å². The second kappa shape index (κ2) is 12.4. The van der Waals surface area contributed by atoms with Crippen LogP contribution in [0.15, 0.2) is 79.4 Å². The van der Waals surface area contributed by atoms with Crippen molar-refractivity contribution in [3.63, 3.8) is 0 Å². The highest BCUT2D eigenvalue weighted by molar-refractivity contribution is 5.81. The predicted octanol–water partition coefficient (Wildman–Crippen LogP) is 3.08. The number of ether oxygens (including phenoxy) is 1. The van der Waals surface area contributed by atoms with Gasteiger partial charge < -0.3 is 19.9 Å². The maximum Gasteiger partial charge on any atom is 0.260 e. The van der Waals surface area contributed by atoms with Gasteiger partial charge in [-0.3, -0.25) is 14.2 Å². The van der Waals surface area contributed by atoms with Gasteiger partial charge in [-0.15, -0.1) is 0 Å². The van der Waals surface area contributed by atoms with Crippen LogP contribution in [-0.2, 0) is 16.1 Å². The van der Waals surface area contributed by atoms with Crippen molar-refractivity contribution in [2.24, 2.45) is 0 Å². The summed E-state index contributed by atoms with van der Waals surface area (Å²) in [7, 11) is 0. The van der Waals surface area contributed by atoms with Gasteiger partial charge in [0.25, 0.3) is 5.91 Å². The Bertz CT molecular complexity index is 1430. The molecule has 3 heterocycles.